The molecule has 1 fully saturated rings. The molecule has 1 aliphatic rings. The Bertz CT molecular complexity index is 1150. The third-order valence-electron chi connectivity index (χ3n) is 5.19. The molecule has 0 atom stereocenters. The zero-order valence-electron chi connectivity index (χ0n) is 17.5. The number of nitrogens with zero attached hydrogens (tertiary/aromatic N) is 4. The second-order valence-corrected chi connectivity index (χ2v) is 7.75. The van der Waals surface area contributed by atoms with Gasteiger partial charge in [-0.05, 0) is 49.4 Å². The lowest BCUT2D eigenvalue weighted by Crippen LogP contribution is -2.38. The molecule has 1 aliphatic heterocycles. The number of carbonyl (C=O) groups is 1. The minimum absolute atomic E-state index is 0.311. The summed E-state index contributed by atoms with van der Waals surface area (Å²) in [6, 6.07) is 14.3. The molecule has 1 saturated heterocycles. The summed E-state index contributed by atoms with van der Waals surface area (Å²) in [6.45, 7) is 5.13. The number of hydrogen-bond donors (Lipinski definition) is 1. The number of carbonyl (C=O) groups excluding carboxylic acids is 1. The Labute approximate surface area is 190 Å². The van der Waals surface area contributed by atoms with E-state index >= 15 is 0 Å². The van der Waals surface area contributed by atoms with E-state index in [4.69, 9.17) is 21.1 Å². The summed E-state index contributed by atoms with van der Waals surface area (Å²) in [6.07, 6.45) is 1.52. The fraction of sp³-hybridized carbons (Fsp3) is 0.261. The molecule has 1 N–H and O–H groups in total. The molecule has 2 heterocycles. The van der Waals surface area contributed by atoms with Gasteiger partial charge < -0.3 is 14.8 Å². The van der Waals surface area contributed by atoms with Gasteiger partial charge in [-0.2, -0.15) is 10.4 Å². The average Bonchev–Trinajstić information content (AvgIpc) is 3.20. The molecule has 2 aromatic carbocycles. The fourth-order valence-corrected chi connectivity index (χ4v) is 3.51. The van der Waals surface area contributed by atoms with E-state index in [1.165, 1.54) is 6.20 Å². The molecule has 8 nitrogen and oxygen atoms in total. The van der Waals surface area contributed by atoms with Crippen LogP contribution in [0.25, 0.3) is 5.69 Å². The summed E-state index contributed by atoms with van der Waals surface area (Å²) < 4.78 is 12.8. The summed E-state index contributed by atoms with van der Waals surface area (Å²) in [4.78, 5) is 14.9. The minimum Gasteiger partial charge on any atom is -0.477 e. The van der Waals surface area contributed by atoms with Crippen LogP contribution in [0.1, 0.15) is 21.6 Å². The maximum Gasteiger partial charge on any atom is 0.259 e. The van der Waals surface area contributed by atoms with Crippen molar-refractivity contribution in [2.45, 2.75) is 6.92 Å². The molecular weight excluding hydrogens is 430 g/mol. The lowest BCUT2D eigenvalue weighted by molar-refractivity contribution is 0.00401. The summed E-state index contributed by atoms with van der Waals surface area (Å²) in [7, 11) is 0. The van der Waals surface area contributed by atoms with E-state index in [0.717, 1.165) is 18.8 Å². The van der Waals surface area contributed by atoms with E-state index in [0.29, 0.717) is 53.2 Å². The van der Waals surface area contributed by atoms with Crippen LogP contribution in [0.5, 0.6) is 5.75 Å². The number of benzene rings is 2. The van der Waals surface area contributed by atoms with Gasteiger partial charge in [-0.25, -0.2) is 4.68 Å². The van der Waals surface area contributed by atoms with Gasteiger partial charge in [0.15, 0.2) is 0 Å². The molecule has 9 heteroatoms. The van der Waals surface area contributed by atoms with E-state index in [1.54, 1.807) is 35.0 Å². The Morgan fingerprint density at radius 3 is 2.72 bits per heavy atom. The van der Waals surface area contributed by atoms with Crippen LogP contribution in [-0.4, -0.2) is 53.6 Å². The number of anilines is 1. The molecule has 1 amide bonds. The van der Waals surface area contributed by atoms with Gasteiger partial charge in [-0.15, -0.1) is 0 Å². The molecule has 164 valence electrons. The number of rotatable bonds is 6. The average molecular weight is 452 g/mol. The van der Waals surface area contributed by atoms with E-state index in [1.807, 2.05) is 19.1 Å². The van der Waals surface area contributed by atoms with Crippen molar-refractivity contribution < 1.29 is 14.3 Å². The fourth-order valence-electron chi connectivity index (χ4n) is 3.39. The number of halogens is 1. The number of nitriles is 1. The lowest BCUT2D eigenvalue weighted by atomic mass is 10.1. The molecule has 0 spiro atoms. The van der Waals surface area contributed by atoms with Crippen LogP contribution in [0.3, 0.4) is 0 Å². The Kier molecular flexibility index (Phi) is 6.71. The van der Waals surface area contributed by atoms with Crippen LogP contribution in [0.4, 0.5) is 5.69 Å². The first-order chi connectivity index (χ1) is 15.5. The van der Waals surface area contributed by atoms with Crippen LogP contribution in [-0.2, 0) is 4.74 Å². The number of hydrogen-bond acceptors (Lipinski definition) is 6. The van der Waals surface area contributed by atoms with Crippen molar-refractivity contribution in [3.63, 3.8) is 0 Å². The Balaban J connectivity index is 1.45. The van der Waals surface area contributed by atoms with Gasteiger partial charge in [0.2, 0.25) is 0 Å². The van der Waals surface area contributed by atoms with Crippen molar-refractivity contribution in [3.8, 4) is 17.5 Å². The SMILES string of the molecule is Cc1c(C(=O)Nc2ccc(OCN3CCOCC3)c(C#N)c2)cnn1-c1ccc(Cl)cc1. The number of ether oxygens (including phenoxy) is 2. The number of morpholine rings is 1. The van der Waals surface area contributed by atoms with Crippen molar-refractivity contribution in [2.75, 3.05) is 38.4 Å². The van der Waals surface area contributed by atoms with Crippen molar-refractivity contribution in [2.24, 2.45) is 0 Å². The van der Waals surface area contributed by atoms with E-state index < -0.39 is 0 Å². The van der Waals surface area contributed by atoms with Gasteiger partial charge in [0.1, 0.15) is 18.5 Å². The van der Waals surface area contributed by atoms with Gasteiger partial charge in [0.25, 0.3) is 5.91 Å². The summed E-state index contributed by atoms with van der Waals surface area (Å²) in [5.41, 5.74) is 2.79. The first-order valence-corrected chi connectivity index (χ1v) is 10.5. The predicted octanol–water partition coefficient (Wildman–Crippen LogP) is 3.63. The van der Waals surface area contributed by atoms with Crippen LogP contribution < -0.4 is 10.1 Å². The predicted molar refractivity (Wildman–Crippen MR) is 120 cm³/mol. The molecule has 4 rings (SSSR count). The second kappa shape index (κ2) is 9.83. The highest BCUT2D eigenvalue weighted by Gasteiger charge is 2.17. The third-order valence-corrected chi connectivity index (χ3v) is 5.44. The molecule has 0 bridgehead atoms. The summed E-state index contributed by atoms with van der Waals surface area (Å²) >= 11 is 5.95. The molecule has 1 aromatic heterocycles. The highest BCUT2D eigenvalue weighted by Crippen LogP contribution is 2.24. The number of amides is 1. The van der Waals surface area contributed by atoms with Crippen LogP contribution in [0.15, 0.2) is 48.7 Å². The molecule has 3 aromatic rings. The van der Waals surface area contributed by atoms with Gasteiger partial charge in [-0.3, -0.25) is 9.69 Å². The normalized spacial score (nSPS) is 14.0. The first-order valence-electron chi connectivity index (χ1n) is 10.1. The van der Waals surface area contributed by atoms with Gasteiger partial charge in [0.05, 0.1) is 41.9 Å². The molecule has 0 radical (unpaired) electrons. The Morgan fingerprint density at radius 2 is 2.00 bits per heavy atom. The third kappa shape index (κ3) is 4.92. The Morgan fingerprint density at radius 1 is 1.25 bits per heavy atom. The maximum atomic E-state index is 12.8. The van der Waals surface area contributed by atoms with Crippen LogP contribution in [0.2, 0.25) is 5.02 Å². The Hall–Kier alpha value is -3.38. The monoisotopic (exact) mass is 451 g/mol. The van der Waals surface area contributed by atoms with E-state index in [2.05, 4.69) is 21.4 Å². The molecule has 32 heavy (non-hydrogen) atoms. The van der Waals surface area contributed by atoms with Crippen LogP contribution in [0, 0.1) is 18.3 Å². The largest absolute Gasteiger partial charge is 0.477 e. The molecule has 0 saturated carbocycles. The van der Waals surface area contributed by atoms with Crippen molar-refractivity contribution in [1.82, 2.24) is 14.7 Å². The molecule has 0 unspecified atom stereocenters. The zero-order chi connectivity index (χ0) is 22.5. The standard InChI is InChI=1S/C23H22ClN5O3/c1-16-21(14-26-29(16)20-5-2-18(24)3-6-20)23(30)27-19-4-7-22(17(12-19)13-25)32-15-28-8-10-31-11-9-28/h2-7,12,14H,8-11,15H2,1H3,(H,27,30). The van der Waals surface area contributed by atoms with Crippen molar-refractivity contribution in [3.05, 3.63) is 70.5 Å². The highest BCUT2D eigenvalue weighted by molar-refractivity contribution is 6.30. The quantitative estimate of drug-likeness (QED) is 0.615. The lowest BCUT2D eigenvalue weighted by Gasteiger charge is -2.26. The van der Waals surface area contributed by atoms with Gasteiger partial charge in [0, 0.05) is 23.8 Å². The highest BCUT2D eigenvalue weighted by atomic mass is 35.5. The second-order valence-electron chi connectivity index (χ2n) is 7.31. The zero-order valence-corrected chi connectivity index (χ0v) is 18.3. The number of aromatic nitrogens is 2. The van der Waals surface area contributed by atoms with Gasteiger partial charge in [-0.1, -0.05) is 11.6 Å². The first kappa shape index (κ1) is 21.8. The molecular formula is C23H22ClN5O3. The van der Waals surface area contributed by atoms with E-state index in [9.17, 15) is 10.1 Å². The summed E-state index contributed by atoms with van der Waals surface area (Å²) in [5, 5.41) is 17.3. The van der Waals surface area contributed by atoms with E-state index in [-0.39, 0.29) is 5.91 Å². The summed E-state index contributed by atoms with van der Waals surface area (Å²) in [5.74, 6) is 0.164. The smallest absolute Gasteiger partial charge is 0.259 e. The van der Waals surface area contributed by atoms with Crippen molar-refractivity contribution in [1.29, 1.82) is 5.26 Å². The van der Waals surface area contributed by atoms with Gasteiger partial charge >= 0.3 is 0 Å². The van der Waals surface area contributed by atoms with Crippen molar-refractivity contribution >= 4 is 23.2 Å². The minimum atomic E-state index is -0.311. The maximum absolute atomic E-state index is 12.8. The molecule has 0 aliphatic carbocycles. The topological polar surface area (TPSA) is 92.4 Å². The number of nitrogens with one attached hydrogen (secondary N) is 1. The van der Waals surface area contributed by atoms with Crippen LogP contribution >= 0.6 is 11.6 Å².